The van der Waals surface area contributed by atoms with Crippen molar-refractivity contribution >= 4 is 47.6 Å². The van der Waals surface area contributed by atoms with Crippen molar-refractivity contribution in [3.63, 3.8) is 0 Å². The third-order valence-corrected chi connectivity index (χ3v) is 9.94. The lowest BCUT2D eigenvalue weighted by molar-refractivity contribution is 0.889. The van der Waals surface area contributed by atoms with Crippen molar-refractivity contribution in [1.82, 2.24) is 0 Å². The molecule has 0 saturated heterocycles. The minimum Gasteiger partial charge on any atom is -0.0778 e. The molecule has 2 atom stereocenters. The maximum atomic E-state index is 6.34. The molecular weight excluding hydrogens is 337 g/mol. The zero-order valence-corrected chi connectivity index (χ0v) is 15.0. The van der Waals surface area contributed by atoms with Gasteiger partial charge in [0.15, 0.2) is 0 Å². The van der Waals surface area contributed by atoms with Crippen molar-refractivity contribution < 1.29 is 0 Å². The third-order valence-electron chi connectivity index (χ3n) is 4.10. The van der Waals surface area contributed by atoms with Crippen LogP contribution in [0.25, 0.3) is 0 Å². The minimum absolute atomic E-state index is 0.376. The molecule has 1 aliphatic carbocycles. The van der Waals surface area contributed by atoms with Gasteiger partial charge in [-0.05, 0) is 37.0 Å². The van der Waals surface area contributed by atoms with Gasteiger partial charge in [-0.25, -0.2) is 0 Å². The molecule has 0 spiro atoms. The van der Waals surface area contributed by atoms with Crippen LogP contribution in [0.5, 0.6) is 0 Å². The predicted octanol–water partition coefficient (Wildman–Crippen LogP) is 5.83. The van der Waals surface area contributed by atoms with Crippen LogP contribution in [0, 0.1) is 0 Å². The van der Waals surface area contributed by atoms with Gasteiger partial charge < -0.3 is 0 Å². The summed E-state index contributed by atoms with van der Waals surface area (Å²) >= 11 is 12.7. The Morgan fingerprint density at radius 2 is 1.19 bits per heavy atom. The first-order valence-electron chi connectivity index (χ1n) is 7.27. The first-order valence-corrected chi connectivity index (χ1v) is 11.9. The summed E-state index contributed by atoms with van der Waals surface area (Å²) in [6, 6.07) is 21.8. The van der Waals surface area contributed by atoms with Crippen molar-refractivity contribution in [2.75, 3.05) is 0 Å². The molecule has 0 bridgehead atoms. The van der Waals surface area contributed by atoms with E-state index in [1.54, 1.807) is 0 Å². The van der Waals surface area contributed by atoms with Crippen molar-refractivity contribution in [2.45, 2.75) is 30.6 Å². The maximum Gasteiger partial charge on any atom is 0.0892 e. The quantitative estimate of drug-likeness (QED) is 0.606. The molecule has 0 aliphatic heterocycles. The van der Waals surface area contributed by atoms with Gasteiger partial charge >= 0.3 is 0 Å². The van der Waals surface area contributed by atoms with Gasteiger partial charge in [0.1, 0.15) is 0 Å². The molecule has 0 nitrogen and oxygen atoms in total. The molecule has 21 heavy (non-hydrogen) atoms. The van der Waals surface area contributed by atoms with Crippen LogP contribution in [0.3, 0.4) is 0 Å². The second-order valence-electron chi connectivity index (χ2n) is 5.37. The number of rotatable bonds is 4. The number of benzene rings is 2. The van der Waals surface area contributed by atoms with Gasteiger partial charge in [0.25, 0.3) is 0 Å². The number of halogens is 2. The summed E-state index contributed by atoms with van der Waals surface area (Å²) in [5.41, 5.74) is 1.10. The van der Waals surface area contributed by atoms with Crippen LogP contribution in [-0.2, 0) is 0 Å². The number of hydrogen-bond acceptors (Lipinski definition) is 0. The van der Waals surface area contributed by atoms with E-state index in [-0.39, 0.29) is 7.92 Å². The SMILES string of the molecule is ClP(Cl)[C@H]1CCC[C@@H]1P(c1ccccc1)c1ccccc1. The molecule has 2 aromatic carbocycles. The highest BCUT2D eigenvalue weighted by molar-refractivity contribution is 8.04. The monoisotopic (exact) mass is 354 g/mol. The van der Waals surface area contributed by atoms with Crippen molar-refractivity contribution in [2.24, 2.45) is 0 Å². The lowest BCUT2D eigenvalue weighted by Crippen LogP contribution is -2.25. The summed E-state index contributed by atoms with van der Waals surface area (Å²) in [5, 5.41) is 2.89. The fourth-order valence-corrected chi connectivity index (χ4v) is 9.60. The largest absolute Gasteiger partial charge is 0.0892 e. The normalized spacial score (nSPS) is 22.1. The second-order valence-corrected chi connectivity index (χ2v) is 11.7. The summed E-state index contributed by atoms with van der Waals surface area (Å²) in [6.45, 7) is -0.893. The summed E-state index contributed by atoms with van der Waals surface area (Å²) in [6.07, 6.45) is 3.69. The standard InChI is InChI=1S/C17H18Cl2P2/c18-21(19)17-13-7-12-16(17)20(14-8-3-1-4-9-14)15-10-5-2-6-11-15/h1-6,8-11,16-17H,7,12-13H2/t16-,17-/m0/s1. The minimum atomic E-state index is -0.893. The Morgan fingerprint density at radius 1 is 0.714 bits per heavy atom. The second kappa shape index (κ2) is 7.43. The van der Waals surface area contributed by atoms with Gasteiger partial charge in [-0.3, -0.25) is 0 Å². The molecular formula is C17H18Cl2P2. The van der Waals surface area contributed by atoms with E-state index >= 15 is 0 Å². The van der Waals surface area contributed by atoms with Crippen LogP contribution in [0.1, 0.15) is 19.3 Å². The van der Waals surface area contributed by atoms with E-state index in [4.69, 9.17) is 22.5 Å². The molecule has 2 aromatic rings. The van der Waals surface area contributed by atoms with Crippen LogP contribution in [0.2, 0.25) is 0 Å². The van der Waals surface area contributed by atoms with Gasteiger partial charge in [-0.15, -0.1) is 0 Å². The van der Waals surface area contributed by atoms with E-state index in [1.807, 2.05) is 0 Å². The lowest BCUT2D eigenvalue weighted by atomic mass is 10.3. The van der Waals surface area contributed by atoms with E-state index in [0.717, 1.165) is 0 Å². The fourth-order valence-electron chi connectivity index (χ4n) is 3.16. The van der Waals surface area contributed by atoms with Gasteiger partial charge in [-0.1, -0.05) is 89.6 Å². The number of hydrogen-bond donors (Lipinski definition) is 0. The van der Waals surface area contributed by atoms with Crippen molar-refractivity contribution in [3.05, 3.63) is 60.7 Å². The van der Waals surface area contributed by atoms with Crippen LogP contribution >= 0.6 is 37.0 Å². The maximum absolute atomic E-state index is 6.34. The summed E-state index contributed by atoms with van der Waals surface area (Å²) in [7, 11) is -0.376. The Bertz CT molecular complexity index is 520. The Balaban J connectivity index is 2.01. The summed E-state index contributed by atoms with van der Waals surface area (Å²) < 4.78 is 0. The molecule has 0 N–H and O–H groups in total. The summed E-state index contributed by atoms with van der Waals surface area (Å²) in [4.78, 5) is 0. The molecule has 0 heterocycles. The van der Waals surface area contributed by atoms with Crippen molar-refractivity contribution in [3.8, 4) is 0 Å². The van der Waals surface area contributed by atoms with E-state index in [2.05, 4.69) is 60.7 Å². The first-order chi connectivity index (χ1) is 10.3. The average molecular weight is 355 g/mol. The van der Waals surface area contributed by atoms with Gasteiger partial charge in [0.2, 0.25) is 0 Å². The van der Waals surface area contributed by atoms with Crippen LogP contribution in [0.4, 0.5) is 0 Å². The van der Waals surface area contributed by atoms with Crippen molar-refractivity contribution in [1.29, 1.82) is 0 Å². The smallest absolute Gasteiger partial charge is 0.0778 e. The van der Waals surface area contributed by atoms with Crippen LogP contribution in [-0.4, -0.2) is 11.3 Å². The zero-order chi connectivity index (χ0) is 14.7. The molecule has 1 saturated carbocycles. The van der Waals surface area contributed by atoms with E-state index in [1.165, 1.54) is 29.9 Å². The molecule has 1 fully saturated rings. The molecule has 4 heteroatoms. The van der Waals surface area contributed by atoms with Crippen LogP contribution in [0.15, 0.2) is 60.7 Å². The topological polar surface area (TPSA) is 0 Å². The molecule has 3 rings (SSSR count). The van der Waals surface area contributed by atoms with E-state index < -0.39 is 6.63 Å². The first kappa shape index (κ1) is 15.8. The molecule has 0 amide bonds. The Morgan fingerprint density at radius 3 is 1.67 bits per heavy atom. The molecule has 1 aliphatic rings. The third kappa shape index (κ3) is 3.62. The molecule has 0 radical (unpaired) electrons. The molecule has 0 aromatic heterocycles. The van der Waals surface area contributed by atoms with Gasteiger partial charge in [0, 0.05) is 5.66 Å². The average Bonchev–Trinajstić information content (AvgIpc) is 2.99. The Kier molecular flexibility index (Phi) is 5.58. The highest BCUT2D eigenvalue weighted by Gasteiger charge is 2.38. The van der Waals surface area contributed by atoms with E-state index in [9.17, 15) is 0 Å². The Hall–Kier alpha value is -0.120. The van der Waals surface area contributed by atoms with Gasteiger partial charge in [0.05, 0.1) is 6.63 Å². The summed E-state index contributed by atoms with van der Waals surface area (Å²) in [5.74, 6) is 0. The Labute approximate surface area is 138 Å². The highest BCUT2D eigenvalue weighted by Crippen LogP contribution is 2.63. The molecule has 0 unspecified atom stereocenters. The fraction of sp³-hybridized carbons (Fsp3) is 0.294. The van der Waals surface area contributed by atoms with E-state index in [0.29, 0.717) is 11.3 Å². The predicted molar refractivity (Wildman–Crippen MR) is 99.1 cm³/mol. The lowest BCUT2D eigenvalue weighted by Gasteiger charge is -2.30. The highest BCUT2D eigenvalue weighted by atomic mass is 35.9. The zero-order valence-electron chi connectivity index (χ0n) is 11.7. The molecule has 110 valence electrons. The van der Waals surface area contributed by atoms with Crippen LogP contribution < -0.4 is 10.6 Å². The van der Waals surface area contributed by atoms with Gasteiger partial charge in [-0.2, -0.15) is 0 Å².